The SMILES string of the molecule is CCOC1(c2c(OC)cccc2OC)c2ccccc2-c2ccccc21. The summed E-state index contributed by atoms with van der Waals surface area (Å²) in [4.78, 5) is 0. The Hall–Kier alpha value is -2.78. The Morgan fingerprint density at radius 1 is 0.692 bits per heavy atom. The molecule has 0 radical (unpaired) electrons. The second kappa shape index (κ2) is 6.50. The first-order valence-corrected chi connectivity index (χ1v) is 8.82. The van der Waals surface area contributed by atoms with E-state index in [-0.39, 0.29) is 0 Å². The summed E-state index contributed by atoms with van der Waals surface area (Å²) in [6.45, 7) is 2.58. The molecule has 132 valence electrons. The largest absolute Gasteiger partial charge is 0.496 e. The van der Waals surface area contributed by atoms with Crippen LogP contribution in [0.1, 0.15) is 23.6 Å². The molecule has 26 heavy (non-hydrogen) atoms. The van der Waals surface area contributed by atoms with Gasteiger partial charge in [0.15, 0.2) is 5.60 Å². The van der Waals surface area contributed by atoms with Crippen molar-refractivity contribution in [2.75, 3.05) is 20.8 Å². The molecule has 4 rings (SSSR count). The molecule has 0 atom stereocenters. The first-order chi connectivity index (χ1) is 12.8. The monoisotopic (exact) mass is 346 g/mol. The van der Waals surface area contributed by atoms with Gasteiger partial charge in [0.05, 0.1) is 19.8 Å². The first-order valence-electron chi connectivity index (χ1n) is 8.82. The Labute approximate surface area is 154 Å². The molecule has 0 unspecified atom stereocenters. The number of fused-ring (bicyclic) bond motifs is 3. The van der Waals surface area contributed by atoms with Gasteiger partial charge in [0, 0.05) is 17.7 Å². The minimum atomic E-state index is -0.764. The van der Waals surface area contributed by atoms with E-state index in [1.807, 2.05) is 25.1 Å². The summed E-state index contributed by atoms with van der Waals surface area (Å²) in [6.07, 6.45) is 0. The third-order valence-corrected chi connectivity index (χ3v) is 5.04. The van der Waals surface area contributed by atoms with Crippen molar-refractivity contribution < 1.29 is 14.2 Å². The van der Waals surface area contributed by atoms with Crippen LogP contribution in [0.2, 0.25) is 0 Å². The molecule has 0 N–H and O–H groups in total. The van der Waals surface area contributed by atoms with E-state index in [1.165, 1.54) is 11.1 Å². The zero-order valence-electron chi connectivity index (χ0n) is 15.3. The van der Waals surface area contributed by atoms with Crippen LogP contribution in [-0.4, -0.2) is 20.8 Å². The molecule has 1 aliphatic carbocycles. The normalized spacial score (nSPS) is 13.8. The standard InChI is InChI=1S/C23H22O3/c1-4-26-23(22-20(24-2)14-9-15-21(22)25-3)18-12-7-5-10-16(18)17-11-6-8-13-19(17)23/h5-15H,4H2,1-3H3. The lowest BCUT2D eigenvalue weighted by atomic mass is 9.82. The highest BCUT2D eigenvalue weighted by Crippen LogP contribution is 2.57. The zero-order chi connectivity index (χ0) is 18.1. The molecule has 0 amide bonds. The molecular formula is C23H22O3. The summed E-state index contributed by atoms with van der Waals surface area (Å²) in [7, 11) is 3.37. The van der Waals surface area contributed by atoms with Gasteiger partial charge in [-0.3, -0.25) is 0 Å². The van der Waals surface area contributed by atoms with Gasteiger partial charge < -0.3 is 14.2 Å². The number of ether oxygens (including phenoxy) is 3. The van der Waals surface area contributed by atoms with Gasteiger partial charge in [0.2, 0.25) is 0 Å². The van der Waals surface area contributed by atoms with Gasteiger partial charge in [-0.2, -0.15) is 0 Å². The van der Waals surface area contributed by atoms with Crippen molar-refractivity contribution >= 4 is 0 Å². The van der Waals surface area contributed by atoms with Gasteiger partial charge in [0.1, 0.15) is 11.5 Å². The third-order valence-electron chi connectivity index (χ3n) is 5.04. The number of rotatable bonds is 5. The molecule has 0 bridgehead atoms. The summed E-state index contributed by atoms with van der Waals surface area (Å²) < 4.78 is 18.0. The predicted molar refractivity (Wildman–Crippen MR) is 103 cm³/mol. The van der Waals surface area contributed by atoms with E-state index >= 15 is 0 Å². The molecule has 0 saturated heterocycles. The Morgan fingerprint density at radius 3 is 1.65 bits per heavy atom. The maximum Gasteiger partial charge on any atom is 0.152 e. The van der Waals surface area contributed by atoms with Crippen molar-refractivity contribution in [3.05, 3.63) is 83.4 Å². The molecule has 3 nitrogen and oxygen atoms in total. The van der Waals surface area contributed by atoms with E-state index < -0.39 is 5.60 Å². The molecule has 0 spiro atoms. The summed E-state index contributed by atoms with van der Waals surface area (Å²) in [5, 5.41) is 0. The minimum absolute atomic E-state index is 0.559. The fourth-order valence-electron chi connectivity index (χ4n) is 4.11. The smallest absolute Gasteiger partial charge is 0.152 e. The summed E-state index contributed by atoms with van der Waals surface area (Å²) in [5.74, 6) is 1.51. The van der Waals surface area contributed by atoms with Crippen LogP contribution in [0.5, 0.6) is 11.5 Å². The molecule has 3 aromatic carbocycles. The molecule has 1 aliphatic rings. The number of hydrogen-bond acceptors (Lipinski definition) is 3. The molecule has 0 aliphatic heterocycles. The molecular weight excluding hydrogens is 324 g/mol. The van der Waals surface area contributed by atoms with Gasteiger partial charge >= 0.3 is 0 Å². The van der Waals surface area contributed by atoms with Crippen molar-refractivity contribution in [1.82, 2.24) is 0 Å². The fourth-order valence-corrected chi connectivity index (χ4v) is 4.11. The van der Waals surface area contributed by atoms with Crippen molar-refractivity contribution in [3.63, 3.8) is 0 Å². The quantitative estimate of drug-likeness (QED) is 0.650. The molecule has 0 fully saturated rings. The molecule has 0 heterocycles. The lowest BCUT2D eigenvalue weighted by molar-refractivity contribution is 0.0215. The Morgan fingerprint density at radius 2 is 1.19 bits per heavy atom. The number of methoxy groups -OCH3 is 2. The average molecular weight is 346 g/mol. The van der Waals surface area contributed by atoms with Crippen LogP contribution in [0.4, 0.5) is 0 Å². The molecule has 3 heteroatoms. The highest BCUT2D eigenvalue weighted by molar-refractivity contribution is 5.83. The van der Waals surface area contributed by atoms with E-state index in [9.17, 15) is 0 Å². The van der Waals surface area contributed by atoms with Gasteiger partial charge in [0.25, 0.3) is 0 Å². The Balaban J connectivity index is 2.16. The average Bonchev–Trinajstić information content (AvgIpc) is 2.99. The van der Waals surface area contributed by atoms with Gasteiger partial charge in [-0.05, 0) is 30.2 Å². The molecule has 0 aromatic heterocycles. The van der Waals surface area contributed by atoms with Crippen molar-refractivity contribution in [3.8, 4) is 22.6 Å². The second-order valence-corrected chi connectivity index (χ2v) is 6.24. The van der Waals surface area contributed by atoms with Crippen LogP contribution in [0.3, 0.4) is 0 Å². The topological polar surface area (TPSA) is 27.7 Å². The fraction of sp³-hybridized carbons (Fsp3) is 0.217. The van der Waals surface area contributed by atoms with E-state index in [2.05, 4.69) is 48.5 Å². The van der Waals surface area contributed by atoms with Crippen LogP contribution in [0, 0.1) is 0 Å². The van der Waals surface area contributed by atoms with Crippen molar-refractivity contribution in [1.29, 1.82) is 0 Å². The summed E-state index contributed by atoms with van der Waals surface area (Å²) in [5.41, 5.74) is 4.75. The van der Waals surface area contributed by atoms with Crippen molar-refractivity contribution in [2.24, 2.45) is 0 Å². The maximum atomic E-state index is 6.55. The predicted octanol–water partition coefficient (Wildman–Crippen LogP) is 5.01. The maximum absolute atomic E-state index is 6.55. The van der Waals surface area contributed by atoms with E-state index in [0.717, 1.165) is 28.2 Å². The van der Waals surface area contributed by atoms with Gasteiger partial charge in [-0.25, -0.2) is 0 Å². The van der Waals surface area contributed by atoms with Crippen LogP contribution in [0.15, 0.2) is 66.7 Å². The lowest BCUT2D eigenvalue weighted by Gasteiger charge is -2.34. The number of benzene rings is 3. The summed E-state index contributed by atoms with van der Waals surface area (Å²) >= 11 is 0. The summed E-state index contributed by atoms with van der Waals surface area (Å²) in [6, 6.07) is 22.7. The number of hydrogen-bond donors (Lipinski definition) is 0. The second-order valence-electron chi connectivity index (χ2n) is 6.24. The molecule has 3 aromatic rings. The Kier molecular flexibility index (Phi) is 4.17. The van der Waals surface area contributed by atoms with Crippen LogP contribution >= 0.6 is 0 Å². The van der Waals surface area contributed by atoms with Gasteiger partial charge in [-0.1, -0.05) is 54.6 Å². The minimum Gasteiger partial charge on any atom is -0.496 e. The Bertz CT molecular complexity index is 878. The van der Waals surface area contributed by atoms with Crippen molar-refractivity contribution in [2.45, 2.75) is 12.5 Å². The van der Waals surface area contributed by atoms with Crippen LogP contribution in [0.25, 0.3) is 11.1 Å². The zero-order valence-corrected chi connectivity index (χ0v) is 15.3. The molecule has 0 saturated carbocycles. The van der Waals surface area contributed by atoms with Gasteiger partial charge in [-0.15, -0.1) is 0 Å². The highest BCUT2D eigenvalue weighted by atomic mass is 16.5. The third kappa shape index (κ3) is 2.17. The van der Waals surface area contributed by atoms with Crippen LogP contribution in [-0.2, 0) is 10.3 Å². The lowest BCUT2D eigenvalue weighted by Crippen LogP contribution is -2.31. The highest BCUT2D eigenvalue weighted by Gasteiger charge is 2.48. The van der Waals surface area contributed by atoms with E-state index in [1.54, 1.807) is 14.2 Å². The first kappa shape index (κ1) is 16.7. The van der Waals surface area contributed by atoms with Crippen LogP contribution < -0.4 is 9.47 Å². The van der Waals surface area contributed by atoms with E-state index in [0.29, 0.717) is 6.61 Å². The van der Waals surface area contributed by atoms with E-state index in [4.69, 9.17) is 14.2 Å².